The van der Waals surface area contributed by atoms with Crippen LogP contribution < -0.4 is 10.0 Å². The summed E-state index contributed by atoms with van der Waals surface area (Å²) in [5.41, 5.74) is 1.26. The predicted molar refractivity (Wildman–Crippen MR) is 141 cm³/mol. The number of anilines is 1. The second-order valence-corrected chi connectivity index (χ2v) is 12.3. The number of hydrogen-bond donors (Lipinski definition) is 2. The van der Waals surface area contributed by atoms with Gasteiger partial charge in [-0.1, -0.05) is 39.0 Å². The van der Waals surface area contributed by atoms with Gasteiger partial charge in [-0.05, 0) is 62.6 Å². The Morgan fingerprint density at radius 1 is 1.14 bits per heavy atom. The molecule has 1 aliphatic carbocycles. The van der Waals surface area contributed by atoms with E-state index < -0.39 is 45.9 Å². The van der Waals surface area contributed by atoms with E-state index in [1.54, 1.807) is 39.0 Å². The maximum Gasteiger partial charge on any atom is 0.341 e. The Balaban J connectivity index is 1.74. The minimum absolute atomic E-state index is 0.0155. The third kappa shape index (κ3) is 6.97. The highest BCUT2D eigenvalue weighted by molar-refractivity contribution is 7.89. The van der Waals surface area contributed by atoms with Gasteiger partial charge in [-0.2, -0.15) is 4.72 Å². The van der Waals surface area contributed by atoms with Crippen LogP contribution >= 0.6 is 11.3 Å². The van der Waals surface area contributed by atoms with Crippen LogP contribution in [0.5, 0.6) is 0 Å². The van der Waals surface area contributed by atoms with Crippen molar-refractivity contribution in [1.29, 1.82) is 0 Å². The molecule has 2 aromatic rings. The van der Waals surface area contributed by atoms with Crippen LogP contribution in [0.3, 0.4) is 0 Å². The lowest BCUT2D eigenvalue weighted by Crippen LogP contribution is -2.47. The third-order valence-electron chi connectivity index (χ3n) is 6.15. The molecule has 1 heterocycles. The lowest BCUT2D eigenvalue weighted by atomic mass is 9.88. The maximum atomic E-state index is 13.0. The Morgan fingerprint density at radius 3 is 2.43 bits per heavy atom. The van der Waals surface area contributed by atoms with Crippen LogP contribution in [-0.4, -0.2) is 45.0 Å². The highest BCUT2D eigenvalue weighted by Gasteiger charge is 2.33. The zero-order valence-corrected chi connectivity index (χ0v) is 23.3. The Hall–Kier alpha value is -2.76. The predicted octanol–water partition coefficient (Wildman–Crippen LogP) is 3.92. The van der Waals surface area contributed by atoms with Crippen molar-refractivity contribution in [2.75, 3.05) is 11.9 Å². The first kappa shape index (κ1) is 28.8. The molecule has 0 radical (unpaired) electrons. The molecular formula is C26H34N2O7S2. The molecule has 3 atom stereocenters. The Labute approximate surface area is 222 Å². The molecule has 3 rings (SSSR count). The monoisotopic (exact) mass is 550 g/mol. The molecule has 202 valence electrons. The molecular weight excluding hydrogens is 516 g/mol. The summed E-state index contributed by atoms with van der Waals surface area (Å²) in [6.45, 7) is 8.81. The van der Waals surface area contributed by atoms with Gasteiger partial charge in [0.1, 0.15) is 11.0 Å². The number of fused-ring (bicyclic) bond motifs is 1. The molecule has 1 amide bonds. The fourth-order valence-corrected chi connectivity index (χ4v) is 6.82. The van der Waals surface area contributed by atoms with E-state index in [4.69, 9.17) is 9.47 Å². The lowest BCUT2D eigenvalue weighted by molar-refractivity contribution is -0.155. The lowest BCUT2D eigenvalue weighted by Gasteiger charge is -2.23. The Bertz CT molecular complexity index is 1240. The summed E-state index contributed by atoms with van der Waals surface area (Å²) in [5, 5.41) is 3.10. The molecule has 1 aromatic heterocycles. The SMILES string of the molecule is CCOC(=O)c1c(NC(=O)C(C)OC(=O)C(NS(=O)(=O)c2ccccc2)C(C)C)sc2c1CCC(C)C2. The molecule has 1 aliphatic rings. The number of hydrogen-bond acceptors (Lipinski definition) is 8. The smallest absolute Gasteiger partial charge is 0.341 e. The van der Waals surface area contributed by atoms with Gasteiger partial charge >= 0.3 is 11.9 Å². The summed E-state index contributed by atoms with van der Waals surface area (Å²) in [4.78, 5) is 39.7. The first-order chi connectivity index (χ1) is 17.4. The quantitative estimate of drug-likeness (QED) is 0.429. The number of benzene rings is 1. The fraction of sp³-hybridized carbons (Fsp3) is 0.500. The van der Waals surface area contributed by atoms with Gasteiger partial charge in [0.2, 0.25) is 10.0 Å². The van der Waals surface area contributed by atoms with E-state index in [9.17, 15) is 22.8 Å². The first-order valence-corrected chi connectivity index (χ1v) is 14.6. The van der Waals surface area contributed by atoms with Crippen LogP contribution in [0.1, 0.15) is 61.8 Å². The van der Waals surface area contributed by atoms with Crippen molar-refractivity contribution < 1.29 is 32.3 Å². The average molecular weight is 551 g/mol. The van der Waals surface area contributed by atoms with Crippen molar-refractivity contribution in [3.63, 3.8) is 0 Å². The number of nitrogens with one attached hydrogen (secondary N) is 2. The van der Waals surface area contributed by atoms with Crippen LogP contribution in [-0.2, 0) is 41.9 Å². The molecule has 0 saturated heterocycles. The van der Waals surface area contributed by atoms with Gasteiger partial charge in [-0.25, -0.2) is 13.2 Å². The summed E-state index contributed by atoms with van der Waals surface area (Å²) in [5.74, 6) is -1.97. The second kappa shape index (κ2) is 12.2. The van der Waals surface area contributed by atoms with Crippen LogP contribution in [0.4, 0.5) is 5.00 Å². The van der Waals surface area contributed by atoms with Gasteiger partial charge in [0, 0.05) is 4.88 Å². The van der Waals surface area contributed by atoms with Crippen molar-refractivity contribution in [3.05, 3.63) is 46.3 Å². The van der Waals surface area contributed by atoms with Gasteiger partial charge in [-0.15, -0.1) is 11.3 Å². The molecule has 2 N–H and O–H groups in total. The third-order valence-corrected chi connectivity index (χ3v) is 8.77. The summed E-state index contributed by atoms with van der Waals surface area (Å²) in [7, 11) is -3.98. The molecule has 3 unspecified atom stereocenters. The fourth-order valence-electron chi connectivity index (χ4n) is 4.06. The molecule has 0 saturated carbocycles. The zero-order chi connectivity index (χ0) is 27.3. The topological polar surface area (TPSA) is 128 Å². The van der Waals surface area contributed by atoms with E-state index in [1.165, 1.54) is 30.4 Å². The molecule has 0 aliphatic heterocycles. The molecule has 1 aromatic carbocycles. The standard InChI is InChI=1S/C26H34N2O7S2/c1-6-34-25(30)21-19-13-12-16(4)14-20(19)36-24(21)27-23(29)17(5)35-26(31)22(15(2)3)28-37(32,33)18-10-8-7-9-11-18/h7-11,15-17,22,28H,6,12-14H2,1-5H3,(H,27,29). The highest BCUT2D eigenvalue weighted by Crippen LogP contribution is 2.40. The molecule has 37 heavy (non-hydrogen) atoms. The number of amides is 1. The van der Waals surface area contributed by atoms with E-state index in [1.807, 2.05) is 0 Å². The number of esters is 2. The van der Waals surface area contributed by atoms with Gasteiger partial charge < -0.3 is 14.8 Å². The first-order valence-electron chi connectivity index (χ1n) is 12.3. The van der Waals surface area contributed by atoms with E-state index in [-0.39, 0.29) is 11.5 Å². The molecule has 0 fully saturated rings. The number of carbonyl (C=O) groups excluding carboxylic acids is 3. The number of thiophene rings is 1. The van der Waals surface area contributed by atoms with Gasteiger partial charge in [0.05, 0.1) is 17.1 Å². The number of carbonyl (C=O) groups is 3. The molecule has 0 spiro atoms. The van der Waals surface area contributed by atoms with Crippen molar-refractivity contribution in [2.45, 2.75) is 70.9 Å². The number of rotatable bonds is 10. The highest BCUT2D eigenvalue weighted by atomic mass is 32.2. The maximum absolute atomic E-state index is 13.0. The summed E-state index contributed by atoms with van der Waals surface area (Å²) in [6, 6.07) is 6.49. The summed E-state index contributed by atoms with van der Waals surface area (Å²) in [6.07, 6.45) is 1.24. The van der Waals surface area contributed by atoms with Crippen molar-refractivity contribution in [1.82, 2.24) is 4.72 Å². The Kier molecular flexibility index (Phi) is 9.49. The van der Waals surface area contributed by atoms with Crippen LogP contribution in [0, 0.1) is 11.8 Å². The average Bonchev–Trinajstić information content (AvgIpc) is 3.19. The largest absolute Gasteiger partial charge is 0.462 e. The molecule has 0 bridgehead atoms. The Morgan fingerprint density at radius 2 is 1.81 bits per heavy atom. The van der Waals surface area contributed by atoms with Crippen LogP contribution in [0.2, 0.25) is 0 Å². The van der Waals surface area contributed by atoms with Crippen LogP contribution in [0.25, 0.3) is 0 Å². The van der Waals surface area contributed by atoms with Gasteiger partial charge in [0.25, 0.3) is 5.91 Å². The number of sulfonamides is 1. The van der Waals surface area contributed by atoms with Gasteiger partial charge in [-0.3, -0.25) is 9.59 Å². The van der Waals surface area contributed by atoms with E-state index in [2.05, 4.69) is 17.0 Å². The minimum atomic E-state index is -3.98. The van der Waals surface area contributed by atoms with Crippen molar-refractivity contribution in [2.24, 2.45) is 11.8 Å². The van der Waals surface area contributed by atoms with E-state index in [0.29, 0.717) is 16.5 Å². The molecule has 11 heteroatoms. The van der Waals surface area contributed by atoms with E-state index >= 15 is 0 Å². The summed E-state index contributed by atoms with van der Waals surface area (Å²) >= 11 is 1.34. The molecule has 9 nitrogen and oxygen atoms in total. The van der Waals surface area contributed by atoms with E-state index in [0.717, 1.165) is 29.7 Å². The second-order valence-electron chi connectivity index (χ2n) is 9.50. The van der Waals surface area contributed by atoms with Crippen molar-refractivity contribution >= 4 is 44.2 Å². The minimum Gasteiger partial charge on any atom is -0.462 e. The number of ether oxygens (including phenoxy) is 2. The van der Waals surface area contributed by atoms with Gasteiger partial charge in [0.15, 0.2) is 6.10 Å². The normalized spacial score (nSPS) is 17.0. The van der Waals surface area contributed by atoms with Crippen molar-refractivity contribution in [3.8, 4) is 0 Å². The zero-order valence-electron chi connectivity index (χ0n) is 21.7. The summed E-state index contributed by atoms with van der Waals surface area (Å²) < 4.78 is 38.5. The van der Waals surface area contributed by atoms with Crippen LogP contribution in [0.15, 0.2) is 35.2 Å².